The highest BCUT2D eigenvalue weighted by molar-refractivity contribution is 9.10. The first-order valence-corrected chi connectivity index (χ1v) is 7.36. The predicted octanol–water partition coefficient (Wildman–Crippen LogP) is 2.38. The number of hydrogen-bond acceptors (Lipinski definition) is 3. The molecule has 0 aromatic heterocycles. The molecule has 0 heterocycles. The number of hydrogen-bond donors (Lipinski definition) is 2. The zero-order valence-electron chi connectivity index (χ0n) is 11.0. The first-order valence-electron chi connectivity index (χ1n) is 6.57. The van der Waals surface area contributed by atoms with Gasteiger partial charge in [-0.3, -0.25) is 9.59 Å². The summed E-state index contributed by atoms with van der Waals surface area (Å²) < 4.78 is 0.696. The van der Waals surface area contributed by atoms with Gasteiger partial charge in [0.05, 0.1) is 5.69 Å². The molecule has 20 heavy (non-hydrogen) atoms. The van der Waals surface area contributed by atoms with Crippen molar-refractivity contribution in [2.45, 2.75) is 31.7 Å². The van der Waals surface area contributed by atoms with Crippen LogP contribution in [0.15, 0.2) is 22.7 Å². The third kappa shape index (κ3) is 3.30. The molecule has 0 saturated heterocycles. The molecule has 1 aromatic carbocycles. The number of nitrogens with zero attached hydrogens (tertiary/aromatic N) is 1. The van der Waals surface area contributed by atoms with E-state index in [-0.39, 0.29) is 12.6 Å². The molecule has 0 bridgehead atoms. The molecule has 6 heteroatoms. The van der Waals surface area contributed by atoms with Gasteiger partial charge in [0, 0.05) is 16.1 Å². The number of carboxylic acid groups (broad SMARTS) is 1. The number of nitrogens with two attached hydrogens (primary N) is 1. The SMILES string of the molecule is NC(=O)c1ccc(N(CC(=O)O)C2CCCC2)c(Br)c1. The van der Waals surface area contributed by atoms with Gasteiger partial charge in [0.15, 0.2) is 0 Å². The molecule has 0 spiro atoms. The lowest BCUT2D eigenvalue weighted by molar-refractivity contribution is -0.135. The molecule has 0 unspecified atom stereocenters. The van der Waals surface area contributed by atoms with Crippen LogP contribution >= 0.6 is 15.9 Å². The average molecular weight is 341 g/mol. The van der Waals surface area contributed by atoms with Crippen molar-refractivity contribution < 1.29 is 14.7 Å². The van der Waals surface area contributed by atoms with Gasteiger partial charge in [-0.1, -0.05) is 12.8 Å². The summed E-state index contributed by atoms with van der Waals surface area (Å²) in [7, 11) is 0. The van der Waals surface area contributed by atoms with Gasteiger partial charge in [-0.25, -0.2) is 0 Å². The maximum atomic E-state index is 11.2. The number of aliphatic carboxylic acids is 1. The van der Waals surface area contributed by atoms with Crippen LogP contribution in [0.1, 0.15) is 36.0 Å². The topological polar surface area (TPSA) is 83.6 Å². The number of rotatable bonds is 5. The van der Waals surface area contributed by atoms with Gasteiger partial charge in [-0.05, 0) is 47.0 Å². The third-order valence-corrected chi connectivity index (χ3v) is 4.25. The summed E-state index contributed by atoms with van der Waals surface area (Å²) in [6.45, 7) is -0.0425. The van der Waals surface area contributed by atoms with Gasteiger partial charge in [-0.2, -0.15) is 0 Å². The van der Waals surface area contributed by atoms with Crippen molar-refractivity contribution in [3.63, 3.8) is 0 Å². The van der Waals surface area contributed by atoms with Crippen LogP contribution in [0.3, 0.4) is 0 Å². The zero-order valence-corrected chi connectivity index (χ0v) is 12.6. The molecule has 3 N–H and O–H groups in total. The van der Waals surface area contributed by atoms with Crippen LogP contribution in [-0.4, -0.2) is 29.6 Å². The van der Waals surface area contributed by atoms with Gasteiger partial charge in [0.1, 0.15) is 6.54 Å². The number of halogens is 1. The molecule has 1 aromatic rings. The molecule has 1 fully saturated rings. The van der Waals surface area contributed by atoms with Crippen LogP contribution in [0.5, 0.6) is 0 Å². The molecule has 1 amide bonds. The van der Waals surface area contributed by atoms with E-state index in [4.69, 9.17) is 10.8 Å². The Labute approximate surface area is 125 Å². The number of carbonyl (C=O) groups excluding carboxylic acids is 1. The van der Waals surface area contributed by atoms with Crippen LogP contribution in [0.2, 0.25) is 0 Å². The molecule has 108 valence electrons. The highest BCUT2D eigenvalue weighted by atomic mass is 79.9. The van der Waals surface area contributed by atoms with Crippen molar-refractivity contribution in [3.05, 3.63) is 28.2 Å². The van der Waals surface area contributed by atoms with Crippen molar-refractivity contribution in [1.29, 1.82) is 0 Å². The summed E-state index contributed by atoms with van der Waals surface area (Å²) in [6.07, 6.45) is 4.24. The van der Waals surface area contributed by atoms with Crippen LogP contribution in [0, 0.1) is 0 Å². The molecule has 5 nitrogen and oxygen atoms in total. The Balaban J connectivity index is 2.32. The van der Waals surface area contributed by atoms with E-state index in [0.717, 1.165) is 31.4 Å². The molecule has 1 aliphatic carbocycles. The smallest absolute Gasteiger partial charge is 0.323 e. The number of benzene rings is 1. The molecular formula is C14H17BrN2O3. The summed E-state index contributed by atoms with van der Waals surface area (Å²) in [6, 6.07) is 5.26. The van der Waals surface area contributed by atoms with E-state index in [1.165, 1.54) is 0 Å². The largest absolute Gasteiger partial charge is 0.480 e. The number of primary amides is 1. The van der Waals surface area contributed by atoms with Crippen molar-refractivity contribution in [2.24, 2.45) is 5.73 Å². The average Bonchev–Trinajstić information content (AvgIpc) is 2.89. The zero-order chi connectivity index (χ0) is 14.7. The molecular weight excluding hydrogens is 324 g/mol. The van der Waals surface area contributed by atoms with Gasteiger partial charge in [-0.15, -0.1) is 0 Å². The minimum atomic E-state index is -0.859. The Morgan fingerprint density at radius 2 is 2.00 bits per heavy atom. The maximum Gasteiger partial charge on any atom is 0.323 e. The Hall–Kier alpha value is -1.56. The molecule has 0 radical (unpaired) electrons. The summed E-state index contributed by atoms with van der Waals surface area (Å²) in [5.41, 5.74) is 6.44. The van der Waals surface area contributed by atoms with E-state index >= 15 is 0 Å². The molecule has 1 saturated carbocycles. The van der Waals surface area contributed by atoms with E-state index in [1.807, 2.05) is 4.90 Å². The number of amides is 1. The van der Waals surface area contributed by atoms with Crippen molar-refractivity contribution in [3.8, 4) is 0 Å². The predicted molar refractivity (Wildman–Crippen MR) is 79.9 cm³/mol. The quantitative estimate of drug-likeness (QED) is 0.861. The minimum absolute atomic E-state index is 0.0425. The lowest BCUT2D eigenvalue weighted by atomic mass is 10.1. The van der Waals surface area contributed by atoms with Crippen LogP contribution in [0.25, 0.3) is 0 Å². The van der Waals surface area contributed by atoms with Crippen LogP contribution in [0.4, 0.5) is 5.69 Å². The monoisotopic (exact) mass is 340 g/mol. The molecule has 0 aliphatic heterocycles. The summed E-state index contributed by atoms with van der Waals surface area (Å²) in [5.74, 6) is -1.36. The first kappa shape index (κ1) is 14.8. The lowest BCUT2D eigenvalue weighted by Crippen LogP contribution is -2.38. The van der Waals surface area contributed by atoms with Crippen molar-refractivity contribution in [2.75, 3.05) is 11.4 Å². The first-order chi connectivity index (χ1) is 9.49. The Kier molecular flexibility index (Phi) is 4.65. The van der Waals surface area contributed by atoms with E-state index < -0.39 is 11.9 Å². The van der Waals surface area contributed by atoms with Gasteiger partial charge in [0.25, 0.3) is 0 Å². The van der Waals surface area contributed by atoms with E-state index in [1.54, 1.807) is 18.2 Å². The van der Waals surface area contributed by atoms with Crippen LogP contribution < -0.4 is 10.6 Å². The summed E-state index contributed by atoms with van der Waals surface area (Å²) in [5, 5.41) is 9.11. The normalized spacial score (nSPS) is 15.2. The van der Waals surface area contributed by atoms with Gasteiger partial charge >= 0.3 is 5.97 Å². The highest BCUT2D eigenvalue weighted by Gasteiger charge is 2.26. The standard InChI is InChI=1S/C14H17BrN2O3/c15-11-7-9(14(16)20)5-6-12(11)17(8-13(18)19)10-3-1-2-4-10/h5-7,10H,1-4,8H2,(H2,16,20)(H,18,19). The summed E-state index contributed by atoms with van der Waals surface area (Å²) in [4.78, 5) is 24.2. The fraction of sp³-hybridized carbons (Fsp3) is 0.429. The summed E-state index contributed by atoms with van der Waals surface area (Å²) >= 11 is 3.41. The Morgan fingerprint density at radius 1 is 1.35 bits per heavy atom. The van der Waals surface area contributed by atoms with Crippen LogP contribution in [-0.2, 0) is 4.79 Å². The fourth-order valence-electron chi connectivity index (χ4n) is 2.67. The highest BCUT2D eigenvalue weighted by Crippen LogP contribution is 2.33. The minimum Gasteiger partial charge on any atom is -0.480 e. The second-order valence-corrected chi connectivity index (χ2v) is 5.84. The molecule has 2 rings (SSSR count). The Bertz CT molecular complexity index is 527. The number of carbonyl (C=O) groups is 2. The second kappa shape index (κ2) is 6.26. The third-order valence-electron chi connectivity index (χ3n) is 3.61. The lowest BCUT2D eigenvalue weighted by Gasteiger charge is -2.30. The number of anilines is 1. The van der Waals surface area contributed by atoms with E-state index in [9.17, 15) is 9.59 Å². The van der Waals surface area contributed by atoms with Crippen molar-refractivity contribution in [1.82, 2.24) is 0 Å². The maximum absolute atomic E-state index is 11.2. The van der Waals surface area contributed by atoms with E-state index in [2.05, 4.69) is 15.9 Å². The Morgan fingerprint density at radius 3 is 2.50 bits per heavy atom. The fourth-order valence-corrected chi connectivity index (χ4v) is 3.27. The number of carboxylic acids is 1. The molecule has 0 atom stereocenters. The van der Waals surface area contributed by atoms with Crippen molar-refractivity contribution >= 4 is 33.5 Å². The van der Waals surface area contributed by atoms with Gasteiger partial charge < -0.3 is 15.7 Å². The second-order valence-electron chi connectivity index (χ2n) is 4.99. The van der Waals surface area contributed by atoms with E-state index in [0.29, 0.717) is 10.0 Å². The van der Waals surface area contributed by atoms with Gasteiger partial charge in [0.2, 0.25) is 5.91 Å². The molecule has 1 aliphatic rings.